The van der Waals surface area contributed by atoms with Crippen LogP contribution in [0.1, 0.15) is 0 Å². The largest absolute Gasteiger partial charge is 0.455 e. The van der Waals surface area contributed by atoms with Gasteiger partial charge in [-0.3, -0.25) is 4.57 Å². The van der Waals surface area contributed by atoms with E-state index in [-0.39, 0.29) is 0 Å². The highest BCUT2D eigenvalue weighted by atomic mass is 32.1. The molecule has 0 amide bonds. The molecule has 0 aliphatic carbocycles. The summed E-state index contributed by atoms with van der Waals surface area (Å²) in [6.45, 7) is 0. The first kappa shape index (κ1) is 32.0. The summed E-state index contributed by atoms with van der Waals surface area (Å²) in [7, 11) is 0. The fourth-order valence-corrected chi connectivity index (χ4v) is 9.79. The zero-order chi connectivity index (χ0) is 37.5. The zero-order valence-electron chi connectivity index (χ0n) is 30.6. The van der Waals surface area contributed by atoms with Crippen LogP contribution in [0.25, 0.3) is 115 Å². The minimum atomic E-state index is 0.885. The maximum atomic E-state index is 6.61. The molecule has 0 N–H and O–H groups in total. The Balaban J connectivity index is 1.09. The zero-order valence-corrected chi connectivity index (χ0v) is 31.4. The summed E-state index contributed by atoms with van der Waals surface area (Å²) in [6, 6.07) is 66.5. The molecule has 4 aromatic heterocycles. The minimum absolute atomic E-state index is 0.885. The van der Waals surface area contributed by atoms with Gasteiger partial charge in [-0.2, -0.15) is 0 Å². The summed E-state index contributed by atoms with van der Waals surface area (Å²) in [5, 5.41) is 5.92. The lowest BCUT2D eigenvalue weighted by atomic mass is 9.93. The molecule has 0 radical (unpaired) electrons. The lowest BCUT2D eigenvalue weighted by Gasteiger charge is -2.14. The molecule has 57 heavy (non-hydrogen) atoms. The van der Waals surface area contributed by atoms with Crippen LogP contribution in [0.15, 0.2) is 192 Å². The molecule has 0 atom stereocenters. The molecule has 0 bridgehead atoms. The maximum absolute atomic E-state index is 6.61. The van der Waals surface area contributed by atoms with Crippen LogP contribution >= 0.6 is 11.3 Å². The Labute approximate surface area is 331 Å². The number of furan rings is 1. The Bertz CT molecular complexity index is 3520. The van der Waals surface area contributed by atoms with Gasteiger partial charge < -0.3 is 4.42 Å². The molecule has 8 aromatic carbocycles. The summed E-state index contributed by atoms with van der Waals surface area (Å²) in [5.74, 6) is 0.919. The van der Waals surface area contributed by atoms with Crippen LogP contribution in [0, 0.1) is 0 Å². The highest BCUT2D eigenvalue weighted by molar-refractivity contribution is 7.26. The second-order valence-corrected chi connectivity index (χ2v) is 15.6. The van der Waals surface area contributed by atoms with E-state index in [0.717, 1.165) is 89.1 Å². The topological polar surface area (TPSA) is 43.9 Å². The van der Waals surface area contributed by atoms with Crippen LogP contribution in [-0.2, 0) is 0 Å². The van der Waals surface area contributed by atoms with Crippen molar-refractivity contribution in [3.05, 3.63) is 188 Å². The Morgan fingerprint density at radius 3 is 2.02 bits per heavy atom. The van der Waals surface area contributed by atoms with Crippen LogP contribution in [0.3, 0.4) is 0 Å². The van der Waals surface area contributed by atoms with Crippen LogP contribution in [0.4, 0.5) is 0 Å². The van der Waals surface area contributed by atoms with Crippen molar-refractivity contribution in [3.63, 3.8) is 0 Å². The van der Waals surface area contributed by atoms with Gasteiger partial charge in [-0.05, 0) is 77.4 Å². The first-order valence-electron chi connectivity index (χ1n) is 19.1. The quantitative estimate of drug-likeness (QED) is 0.176. The molecular weight excluding hydrogens is 715 g/mol. The van der Waals surface area contributed by atoms with Crippen LogP contribution in [-0.4, -0.2) is 14.5 Å². The van der Waals surface area contributed by atoms with Crippen molar-refractivity contribution in [1.29, 1.82) is 0 Å². The van der Waals surface area contributed by atoms with Crippen molar-refractivity contribution >= 4 is 75.4 Å². The molecule has 0 saturated heterocycles. The summed E-state index contributed by atoms with van der Waals surface area (Å²) < 4.78 is 11.3. The van der Waals surface area contributed by atoms with E-state index in [9.17, 15) is 0 Å². The van der Waals surface area contributed by atoms with Gasteiger partial charge in [0, 0.05) is 54.0 Å². The van der Waals surface area contributed by atoms with Gasteiger partial charge in [0.25, 0.3) is 0 Å². The van der Waals surface area contributed by atoms with E-state index in [4.69, 9.17) is 14.4 Å². The number of thiophene rings is 1. The molecule has 0 aliphatic rings. The number of nitrogens with zero attached hydrogens (tertiary/aromatic N) is 3. The van der Waals surface area contributed by atoms with Crippen LogP contribution < -0.4 is 0 Å². The predicted molar refractivity (Wildman–Crippen MR) is 238 cm³/mol. The van der Waals surface area contributed by atoms with Crippen molar-refractivity contribution in [1.82, 2.24) is 14.5 Å². The second-order valence-electron chi connectivity index (χ2n) is 14.5. The van der Waals surface area contributed by atoms with E-state index < -0.39 is 0 Å². The van der Waals surface area contributed by atoms with Crippen molar-refractivity contribution in [2.45, 2.75) is 0 Å². The molecular formula is C52H31N3OS. The molecule has 0 saturated carbocycles. The van der Waals surface area contributed by atoms with Crippen LogP contribution in [0.2, 0.25) is 0 Å². The van der Waals surface area contributed by atoms with Gasteiger partial charge in [0.15, 0.2) is 0 Å². The van der Waals surface area contributed by atoms with E-state index in [2.05, 4.69) is 168 Å². The summed E-state index contributed by atoms with van der Waals surface area (Å²) in [4.78, 5) is 10.5. The number of fused-ring (bicyclic) bond motifs is 9. The van der Waals surface area contributed by atoms with E-state index in [1.54, 1.807) is 0 Å². The fraction of sp³-hybridized carbons (Fsp3) is 0. The molecule has 0 aliphatic heterocycles. The molecule has 0 unspecified atom stereocenters. The van der Waals surface area contributed by atoms with E-state index >= 15 is 0 Å². The van der Waals surface area contributed by atoms with Gasteiger partial charge >= 0.3 is 0 Å². The van der Waals surface area contributed by atoms with E-state index in [1.807, 2.05) is 35.6 Å². The molecule has 0 spiro atoms. The van der Waals surface area contributed by atoms with Crippen LogP contribution in [0.5, 0.6) is 0 Å². The summed E-state index contributed by atoms with van der Waals surface area (Å²) >= 11 is 1.82. The average molecular weight is 746 g/mol. The normalized spacial score (nSPS) is 11.9. The minimum Gasteiger partial charge on any atom is -0.455 e. The van der Waals surface area contributed by atoms with Crippen molar-refractivity contribution in [2.24, 2.45) is 0 Å². The second kappa shape index (κ2) is 12.6. The van der Waals surface area contributed by atoms with E-state index in [0.29, 0.717) is 0 Å². The maximum Gasteiger partial charge on any atom is 0.145 e. The summed E-state index contributed by atoms with van der Waals surface area (Å²) in [5.41, 5.74) is 13.3. The van der Waals surface area contributed by atoms with Gasteiger partial charge in [-0.15, -0.1) is 11.3 Å². The summed E-state index contributed by atoms with van der Waals surface area (Å²) in [6.07, 6.45) is 0. The number of hydrogen-bond donors (Lipinski definition) is 0. The number of para-hydroxylation sites is 5. The Morgan fingerprint density at radius 2 is 1.14 bits per heavy atom. The third kappa shape index (κ3) is 5.06. The number of aromatic nitrogens is 3. The first-order chi connectivity index (χ1) is 28.2. The number of imidazole rings is 1. The molecule has 266 valence electrons. The van der Waals surface area contributed by atoms with Crippen molar-refractivity contribution in [2.75, 3.05) is 0 Å². The fourth-order valence-electron chi connectivity index (χ4n) is 8.56. The lowest BCUT2D eigenvalue weighted by Crippen LogP contribution is -1.97. The average Bonchev–Trinajstić information content (AvgIpc) is 3.98. The SMILES string of the molecule is c1ccc(-c2nc3ccccc3n2-c2ccc(-c3cc(-c4cccc5c4oc4ccccc45)cc(-c4nc5ccccc5c5c4sc4ccccc45)c3)cc2)cc1. The number of pyridine rings is 1. The molecule has 5 heteroatoms. The highest BCUT2D eigenvalue weighted by Crippen LogP contribution is 2.45. The molecule has 4 nitrogen and oxygen atoms in total. The standard InChI is InChI=1S/C52H31N3OS/c1-2-13-33(14-3-1)52-54-44-21-8-9-22-45(44)55(52)37-27-25-32(26-28-37)34-29-35(38-18-12-19-40-39-15-5-10-23-46(39)56-50(38)40)31-36(30-34)49-51-48(41-16-4-7-20-43(41)53-49)42-17-6-11-24-47(42)57-51/h1-31H. The van der Waals surface area contributed by atoms with Crippen molar-refractivity contribution < 1.29 is 4.42 Å². The molecule has 4 heterocycles. The number of benzene rings is 8. The molecule has 12 aromatic rings. The smallest absolute Gasteiger partial charge is 0.145 e. The molecule has 12 rings (SSSR count). The van der Waals surface area contributed by atoms with E-state index in [1.165, 1.54) is 25.6 Å². The van der Waals surface area contributed by atoms with Crippen molar-refractivity contribution in [3.8, 4) is 50.6 Å². The van der Waals surface area contributed by atoms with Gasteiger partial charge in [0.2, 0.25) is 0 Å². The lowest BCUT2D eigenvalue weighted by molar-refractivity contribution is 0.670. The first-order valence-corrected chi connectivity index (χ1v) is 20.0. The monoisotopic (exact) mass is 745 g/mol. The predicted octanol–water partition coefficient (Wildman–Crippen LogP) is 14.5. The van der Waals surface area contributed by atoms with Gasteiger partial charge in [-0.25, -0.2) is 9.97 Å². The number of hydrogen-bond acceptors (Lipinski definition) is 4. The van der Waals surface area contributed by atoms with Gasteiger partial charge in [0.05, 0.1) is 26.9 Å². The number of rotatable bonds is 5. The molecule has 0 fully saturated rings. The third-order valence-corrected chi connectivity index (χ3v) is 12.4. The third-order valence-electron chi connectivity index (χ3n) is 11.2. The Hall–Kier alpha value is -7.34. The Kier molecular flexibility index (Phi) is 7.06. The highest BCUT2D eigenvalue weighted by Gasteiger charge is 2.20. The van der Waals surface area contributed by atoms with Gasteiger partial charge in [-0.1, -0.05) is 127 Å². The van der Waals surface area contributed by atoms with Gasteiger partial charge in [0.1, 0.15) is 17.0 Å². The Morgan fingerprint density at radius 1 is 0.456 bits per heavy atom.